The maximum Gasteiger partial charge on any atom is 0.234 e. The molecule has 1 N–H and O–H groups in total. The van der Waals surface area contributed by atoms with Gasteiger partial charge in [0.1, 0.15) is 0 Å². The highest BCUT2D eigenvalue weighted by Gasteiger charge is 2.18. The van der Waals surface area contributed by atoms with E-state index in [1.807, 2.05) is 72.2 Å². The van der Waals surface area contributed by atoms with Crippen molar-refractivity contribution < 1.29 is 4.79 Å². The second-order valence-corrected chi connectivity index (χ2v) is 11.1. The minimum atomic E-state index is -0.157. The van der Waals surface area contributed by atoms with Crippen molar-refractivity contribution >= 4 is 82.7 Å². The van der Waals surface area contributed by atoms with Crippen LogP contribution in [0.5, 0.6) is 0 Å². The molecule has 0 spiro atoms. The third-order valence-electron chi connectivity index (χ3n) is 4.63. The first-order valence-electron chi connectivity index (χ1n) is 9.67. The number of aryl methyl sites for hydroxylation is 1. The van der Waals surface area contributed by atoms with Crippen molar-refractivity contribution in [3.8, 4) is 17.1 Å². The van der Waals surface area contributed by atoms with Crippen LogP contribution in [0.2, 0.25) is 5.02 Å². The second kappa shape index (κ2) is 10.7. The Bertz CT molecular complexity index is 1290. The number of carbonyl (C=O) groups excluding carboxylic acids is 1. The van der Waals surface area contributed by atoms with E-state index in [1.165, 1.54) is 11.8 Å². The summed E-state index contributed by atoms with van der Waals surface area (Å²) in [5.41, 5.74) is 3.62. The van der Waals surface area contributed by atoms with E-state index in [2.05, 4.69) is 63.3 Å². The van der Waals surface area contributed by atoms with Gasteiger partial charge in [-0.25, -0.2) is 0 Å². The molecule has 33 heavy (non-hydrogen) atoms. The monoisotopic (exact) mass is 668 g/mol. The Balaban J connectivity index is 1.60. The average Bonchev–Trinajstić information content (AvgIpc) is 3.20. The van der Waals surface area contributed by atoms with Gasteiger partial charge in [0.25, 0.3) is 0 Å². The van der Waals surface area contributed by atoms with Gasteiger partial charge >= 0.3 is 0 Å². The summed E-state index contributed by atoms with van der Waals surface area (Å²) in [6.07, 6.45) is 0. The largest absolute Gasteiger partial charge is 0.323 e. The van der Waals surface area contributed by atoms with E-state index < -0.39 is 0 Å². The molecule has 5 nitrogen and oxygen atoms in total. The number of anilines is 1. The fraction of sp³-hybridized carbons (Fsp3) is 0.0870. The normalized spacial score (nSPS) is 10.9. The molecule has 0 unspecified atom stereocenters. The number of carbonyl (C=O) groups is 1. The van der Waals surface area contributed by atoms with Gasteiger partial charge in [-0.05, 0) is 87.3 Å². The minimum Gasteiger partial charge on any atom is -0.323 e. The van der Waals surface area contributed by atoms with E-state index in [1.54, 1.807) is 0 Å². The quantitative estimate of drug-likeness (QED) is 0.212. The zero-order valence-electron chi connectivity index (χ0n) is 17.2. The number of thioether (sulfide) groups is 1. The van der Waals surface area contributed by atoms with Crippen LogP contribution in [0.1, 0.15) is 5.56 Å². The van der Waals surface area contributed by atoms with Gasteiger partial charge < -0.3 is 5.32 Å². The molecule has 0 aliphatic rings. The molecule has 0 aliphatic carbocycles. The Morgan fingerprint density at radius 3 is 2.27 bits per heavy atom. The summed E-state index contributed by atoms with van der Waals surface area (Å²) in [5.74, 6) is 0.687. The van der Waals surface area contributed by atoms with E-state index in [4.69, 9.17) is 11.6 Å². The molecule has 4 aromatic rings. The predicted molar refractivity (Wildman–Crippen MR) is 145 cm³/mol. The second-order valence-electron chi connectivity index (χ2n) is 7.07. The summed E-state index contributed by atoms with van der Waals surface area (Å²) in [4.78, 5) is 12.7. The van der Waals surface area contributed by atoms with Crippen LogP contribution in [-0.2, 0) is 4.79 Å². The molecule has 0 saturated carbocycles. The van der Waals surface area contributed by atoms with Crippen molar-refractivity contribution in [1.82, 2.24) is 14.8 Å². The lowest BCUT2D eigenvalue weighted by Crippen LogP contribution is -2.15. The highest BCUT2D eigenvalue weighted by Crippen LogP contribution is 2.35. The first kappa shape index (κ1) is 24.5. The highest BCUT2D eigenvalue weighted by molar-refractivity contribution is 9.11. The number of halogens is 4. The third-order valence-corrected chi connectivity index (χ3v) is 7.52. The molecule has 0 bridgehead atoms. The van der Waals surface area contributed by atoms with Gasteiger partial charge in [0.2, 0.25) is 5.91 Å². The number of benzene rings is 3. The maximum absolute atomic E-state index is 12.7. The van der Waals surface area contributed by atoms with Gasteiger partial charge in [-0.3, -0.25) is 9.36 Å². The van der Waals surface area contributed by atoms with Gasteiger partial charge in [0.05, 0.1) is 11.4 Å². The van der Waals surface area contributed by atoms with Crippen LogP contribution in [0.25, 0.3) is 17.1 Å². The minimum absolute atomic E-state index is 0.157. The molecule has 1 heterocycles. The Morgan fingerprint density at radius 2 is 1.64 bits per heavy atom. The number of aromatic nitrogens is 3. The van der Waals surface area contributed by atoms with E-state index >= 15 is 0 Å². The molecular formula is C23H16Br3ClN4OS. The number of rotatable bonds is 6. The van der Waals surface area contributed by atoms with Crippen LogP contribution in [-0.4, -0.2) is 26.4 Å². The summed E-state index contributed by atoms with van der Waals surface area (Å²) in [6.45, 7) is 2.04. The van der Waals surface area contributed by atoms with Crippen LogP contribution in [0.15, 0.2) is 79.2 Å². The first-order valence-corrected chi connectivity index (χ1v) is 13.4. The van der Waals surface area contributed by atoms with Crippen molar-refractivity contribution in [2.75, 3.05) is 11.1 Å². The van der Waals surface area contributed by atoms with Gasteiger partial charge in [0.15, 0.2) is 11.0 Å². The van der Waals surface area contributed by atoms with Gasteiger partial charge in [-0.2, -0.15) is 0 Å². The summed E-state index contributed by atoms with van der Waals surface area (Å²) < 4.78 is 4.39. The highest BCUT2D eigenvalue weighted by atomic mass is 79.9. The summed E-state index contributed by atoms with van der Waals surface area (Å²) in [5, 5.41) is 13.0. The van der Waals surface area contributed by atoms with E-state index in [0.717, 1.165) is 30.2 Å². The molecule has 0 saturated heterocycles. The SMILES string of the molecule is Cc1ccc(-n2c(SCC(=O)Nc3c(Br)cc(Br)cc3Br)nnc2-c2ccc(Cl)cc2)cc1. The fourth-order valence-corrected chi connectivity index (χ4v) is 6.38. The maximum atomic E-state index is 12.7. The number of hydrogen-bond acceptors (Lipinski definition) is 4. The molecule has 10 heteroatoms. The van der Waals surface area contributed by atoms with Crippen LogP contribution in [0.3, 0.4) is 0 Å². The smallest absolute Gasteiger partial charge is 0.234 e. The van der Waals surface area contributed by atoms with Crippen molar-refractivity contribution in [2.24, 2.45) is 0 Å². The predicted octanol–water partition coefficient (Wildman–Crippen LogP) is 7.91. The van der Waals surface area contributed by atoms with E-state index in [0.29, 0.717) is 21.7 Å². The molecule has 0 radical (unpaired) electrons. The molecule has 1 aromatic heterocycles. The van der Waals surface area contributed by atoms with Crippen LogP contribution >= 0.6 is 71.2 Å². The van der Waals surface area contributed by atoms with Crippen molar-refractivity contribution in [3.63, 3.8) is 0 Å². The molecule has 0 atom stereocenters. The van der Waals surface area contributed by atoms with Crippen molar-refractivity contribution in [1.29, 1.82) is 0 Å². The fourth-order valence-electron chi connectivity index (χ4n) is 3.04. The Morgan fingerprint density at radius 1 is 1.00 bits per heavy atom. The molecule has 4 rings (SSSR count). The molecule has 0 fully saturated rings. The van der Waals surface area contributed by atoms with Gasteiger partial charge in [-0.1, -0.05) is 57.0 Å². The van der Waals surface area contributed by atoms with Crippen LogP contribution < -0.4 is 5.32 Å². The lowest BCUT2D eigenvalue weighted by atomic mass is 10.2. The van der Waals surface area contributed by atoms with Crippen molar-refractivity contribution in [3.05, 3.63) is 84.7 Å². The molecule has 3 aromatic carbocycles. The Labute approximate surface area is 225 Å². The third kappa shape index (κ3) is 5.89. The molecule has 0 aliphatic heterocycles. The van der Waals surface area contributed by atoms with Crippen LogP contribution in [0.4, 0.5) is 5.69 Å². The number of nitrogens with zero attached hydrogens (tertiary/aromatic N) is 3. The van der Waals surface area contributed by atoms with E-state index in [9.17, 15) is 4.79 Å². The molecular weight excluding hydrogens is 656 g/mol. The summed E-state index contributed by atoms with van der Waals surface area (Å²) in [7, 11) is 0. The zero-order chi connectivity index (χ0) is 23.5. The Hall–Kier alpha value is -1.65. The topological polar surface area (TPSA) is 59.8 Å². The first-order chi connectivity index (χ1) is 15.8. The van der Waals surface area contributed by atoms with Crippen LogP contribution in [0, 0.1) is 6.92 Å². The number of nitrogens with one attached hydrogen (secondary N) is 1. The average molecular weight is 672 g/mol. The zero-order valence-corrected chi connectivity index (χ0v) is 23.5. The lowest BCUT2D eigenvalue weighted by molar-refractivity contribution is -0.113. The lowest BCUT2D eigenvalue weighted by Gasteiger charge is -2.12. The van der Waals surface area contributed by atoms with Crippen molar-refractivity contribution in [2.45, 2.75) is 12.1 Å². The van der Waals surface area contributed by atoms with Gasteiger partial charge in [0, 0.05) is 29.7 Å². The number of hydrogen-bond donors (Lipinski definition) is 1. The van der Waals surface area contributed by atoms with Gasteiger partial charge in [-0.15, -0.1) is 10.2 Å². The summed E-state index contributed by atoms with van der Waals surface area (Å²) >= 11 is 17.8. The Kier molecular flexibility index (Phi) is 7.96. The molecule has 168 valence electrons. The van der Waals surface area contributed by atoms with E-state index in [-0.39, 0.29) is 11.7 Å². The standard InChI is InChI=1S/C23H16Br3ClN4OS/c1-13-2-8-17(9-3-13)31-22(14-4-6-16(27)7-5-14)29-30-23(31)33-12-20(32)28-21-18(25)10-15(24)11-19(21)26/h2-11H,12H2,1H3,(H,28,32). The number of amides is 1. The summed E-state index contributed by atoms with van der Waals surface area (Å²) in [6, 6.07) is 19.3. The molecule has 1 amide bonds.